The fourth-order valence-electron chi connectivity index (χ4n) is 2.49. The average molecular weight is 378 g/mol. The maximum Gasteiger partial charge on any atom is 0.254 e. The van der Waals surface area contributed by atoms with E-state index in [-0.39, 0.29) is 11.4 Å². The van der Waals surface area contributed by atoms with Crippen molar-refractivity contribution in [3.63, 3.8) is 0 Å². The SMILES string of the molecule is CN(CC1(N(C)C)CCC1)C(=O)c1csc(I)c1. The lowest BCUT2D eigenvalue weighted by molar-refractivity contribution is 0.0253. The van der Waals surface area contributed by atoms with Gasteiger partial charge in [-0.3, -0.25) is 4.79 Å². The number of hydrogen-bond donors (Lipinski definition) is 0. The Bertz CT molecular complexity index is 440. The molecule has 5 heteroatoms. The number of rotatable bonds is 4. The third-order valence-corrected chi connectivity index (χ3v) is 5.71. The topological polar surface area (TPSA) is 23.6 Å². The van der Waals surface area contributed by atoms with Crippen molar-refractivity contribution >= 4 is 39.8 Å². The monoisotopic (exact) mass is 378 g/mol. The van der Waals surface area contributed by atoms with E-state index in [2.05, 4.69) is 41.6 Å². The number of halogens is 1. The molecule has 1 heterocycles. The predicted molar refractivity (Wildman–Crippen MR) is 84.3 cm³/mol. The van der Waals surface area contributed by atoms with Crippen LogP contribution in [0.1, 0.15) is 29.6 Å². The van der Waals surface area contributed by atoms with Crippen molar-refractivity contribution in [2.24, 2.45) is 0 Å². The Kier molecular flexibility index (Phi) is 4.33. The summed E-state index contributed by atoms with van der Waals surface area (Å²) in [6, 6.07) is 1.97. The summed E-state index contributed by atoms with van der Waals surface area (Å²) < 4.78 is 1.16. The molecule has 0 aliphatic heterocycles. The molecule has 3 nitrogen and oxygen atoms in total. The molecule has 1 amide bonds. The number of carbonyl (C=O) groups excluding carboxylic acids is 1. The number of thiophene rings is 1. The Morgan fingerprint density at radius 1 is 1.44 bits per heavy atom. The minimum atomic E-state index is 0.141. The van der Waals surface area contributed by atoms with Gasteiger partial charge in [0.15, 0.2) is 0 Å². The van der Waals surface area contributed by atoms with E-state index in [0.29, 0.717) is 0 Å². The van der Waals surface area contributed by atoms with Gasteiger partial charge in [0.25, 0.3) is 5.91 Å². The average Bonchev–Trinajstić information content (AvgIpc) is 2.68. The van der Waals surface area contributed by atoms with Gasteiger partial charge in [0.05, 0.1) is 8.45 Å². The third kappa shape index (κ3) is 2.72. The minimum Gasteiger partial charge on any atom is -0.340 e. The van der Waals surface area contributed by atoms with Crippen molar-refractivity contribution in [1.29, 1.82) is 0 Å². The smallest absolute Gasteiger partial charge is 0.254 e. The van der Waals surface area contributed by atoms with Crippen LogP contribution in [0.2, 0.25) is 0 Å². The molecule has 2 rings (SSSR count). The van der Waals surface area contributed by atoms with Gasteiger partial charge in [0.2, 0.25) is 0 Å². The van der Waals surface area contributed by atoms with Crippen LogP contribution in [0, 0.1) is 2.88 Å². The highest BCUT2D eigenvalue weighted by atomic mass is 127. The molecule has 0 N–H and O–H groups in total. The zero-order chi connectivity index (χ0) is 13.3. The number of likely N-dealkylation sites (N-methyl/N-ethyl adjacent to an activating group) is 2. The van der Waals surface area contributed by atoms with Gasteiger partial charge in [-0.1, -0.05) is 0 Å². The van der Waals surface area contributed by atoms with E-state index in [1.165, 1.54) is 19.3 Å². The number of nitrogens with zero attached hydrogens (tertiary/aromatic N) is 2. The van der Waals surface area contributed by atoms with Crippen LogP contribution in [-0.4, -0.2) is 48.9 Å². The number of carbonyl (C=O) groups is 1. The number of amides is 1. The summed E-state index contributed by atoms with van der Waals surface area (Å²) in [6.07, 6.45) is 3.66. The summed E-state index contributed by atoms with van der Waals surface area (Å²) in [7, 11) is 6.15. The van der Waals surface area contributed by atoms with Crippen LogP contribution >= 0.6 is 33.9 Å². The zero-order valence-electron chi connectivity index (χ0n) is 11.1. The molecule has 100 valence electrons. The lowest BCUT2D eigenvalue weighted by Crippen LogP contribution is -2.57. The highest BCUT2D eigenvalue weighted by molar-refractivity contribution is 14.1. The molecule has 18 heavy (non-hydrogen) atoms. The van der Waals surface area contributed by atoms with Crippen LogP contribution in [0.25, 0.3) is 0 Å². The molecule has 1 aliphatic carbocycles. The maximum absolute atomic E-state index is 12.3. The van der Waals surface area contributed by atoms with Crippen molar-refractivity contribution in [2.45, 2.75) is 24.8 Å². The largest absolute Gasteiger partial charge is 0.340 e. The van der Waals surface area contributed by atoms with Crippen LogP contribution in [0.5, 0.6) is 0 Å². The molecule has 0 aromatic carbocycles. The summed E-state index contributed by atoms with van der Waals surface area (Å²) in [6.45, 7) is 0.825. The van der Waals surface area contributed by atoms with Crippen molar-refractivity contribution in [1.82, 2.24) is 9.80 Å². The van der Waals surface area contributed by atoms with E-state index in [1.807, 2.05) is 23.4 Å². The Hall–Kier alpha value is -0.140. The Morgan fingerprint density at radius 2 is 2.11 bits per heavy atom. The number of hydrogen-bond acceptors (Lipinski definition) is 3. The van der Waals surface area contributed by atoms with Gasteiger partial charge >= 0.3 is 0 Å². The van der Waals surface area contributed by atoms with Crippen molar-refractivity contribution < 1.29 is 4.79 Å². The fraction of sp³-hybridized carbons (Fsp3) is 0.615. The summed E-state index contributed by atoms with van der Waals surface area (Å²) in [4.78, 5) is 16.5. The lowest BCUT2D eigenvalue weighted by atomic mass is 9.75. The Balaban J connectivity index is 2.03. The first kappa shape index (κ1) is 14.3. The standard InChI is InChI=1S/C13H19IN2OS/c1-15(2)13(5-4-6-13)9-16(3)12(17)10-7-11(14)18-8-10/h7-8H,4-6,9H2,1-3H3. The quantitative estimate of drug-likeness (QED) is 0.753. The van der Waals surface area contributed by atoms with Crippen LogP contribution in [0.15, 0.2) is 11.4 Å². The molecule has 1 aromatic rings. The highest BCUT2D eigenvalue weighted by Crippen LogP contribution is 2.36. The van der Waals surface area contributed by atoms with E-state index in [4.69, 9.17) is 0 Å². The predicted octanol–water partition coefficient (Wildman–Crippen LogP) is 2.91. The molecule has 0 radical (unpaired) electrons. The molecule has 0 spiro atoms. The van der Waals surface area contributed by atoms with Gasteiger partial charge in [0.1, 0.15) is 0 Å². The van der Waals surface area contributed by atoms with Crippen LogP contribution in [0.4, 0.5) is 0 Å². The molecule has 0 saturated heterocycles. The molecule has 0 bridgehead atoms. The van der Waals surface area contributed by atoms with Crippen LogP contribution in [-0.2, 0) is 0 Å². The summed E-state index contributed by atoms with van der Waals surface area (Å²) in [5.41, 5.74) is 1.02. The Morgan fingerprint density at radius 3 is 2.50 bits per heavy atom. The zero-order valence-corrected chi connectivity index (χ0v) is 14.0. The summed E-state index contributed by atoms with van der Waals surface area (Å²) >= 11 is 3.88. The fourth-order valence-corrected chi connectivity index (χ4v) is 3.81. The van der Waals surface area contributed by atoms with E-state index in [9.17, 15) is 4.79 Å². The van der Waals surface area contributed by atoms with Gasteiger partial charge in [-0.2, -0.15) is 0 Å². The normalized spacial score (nSPS) is 17.6. The van der Waals surface area contributed by atoms with Gasteiger partial charge in [-0.25, -0.2) is 0 Å². The van der Waals surface area contributed by atoms with Crippen molar-refractivity contribution in [2.75, 3.05) is 27.7 Å². The van der Waals surface area contributed by atoms with E-state index in [1.54, 1.807) is 11.3 Å². The molecule has 1 aromatic heterocycles. The van der Waals surface area contributed by atoms with Gasteiger partial charge in [-0.15, -0.1) is 11.3 Å². The molecule has 1 fully saturated rings. The second-order valence-electron chi connectivity index (χ2n) is 5.27. The first-order valence-corrected chi connectivity index (χ1v) is 8.07. The summed E-state index contributed by atoms with van der Waals surface area (Å²) in [5.74, 6) is 0.141. The van der Waals surface area contributed by atoms with Gasteiger partial charge < -0.3 is 9.80 Å². The van der Waals surface area contributed by atoms with Gasteiger partial charge in [0, 0.05) is 24.5 Å². The van der Waals surface area contributed by atoms with Crippen molar-refractivity contribution in [3.05, 3.63) is 19.9 Å². The van der Waals surface area contributed by atoms with Crippen molar-refractivity contribution in [3.8, 4) is 0 Å². The van der Waals surface area contributed by atoms with E-state index in [0.717, 1.165) is 15.0 Å². The highest BCUT2D eigenvalue weighted by Gasteiger charge is 2.40. The minimum absolute atomic E-state index is 0.141. The molecular weight excluding hydrogens is 359 g/mol. The van der Waals surface area contributed by atoms with Crippen LogP contribution < -0.4 is 0 Å². The maximum atomic E-state index is 12.3. The van der Waals surface area contributed by atoms with E-state index >= 15 is 0 Å². The molecule has 1 aliphatic rings. The molecule has 1 saturated carbocycles. The third-order valence-electron chi connectivity index (χ3n) is 3.93. The molecule has 0 atom stereocenters. The van der Waals surface area contributed by atoms with Gasteiger partial charge in [-0.05, 0) is 62.0 Å². The first-order chi connectivity index (χ1) is 8.44. The molecular formula is C13H19IN2OS. The first-order valence-electron chi connectivity index (χ1n) is 6.11. The molecule has 0 unspecified atom stereocenters. The lowest BCUT2D eigenvalue weighted by Gasteiger charge is -2.49. The van der Waals surface area contributed by atoms with E-state index < -0.39 is 0 Å². The van der Waals surface area contributed by atoms with Crippen LogP contribution in [0.3, 0.4) is 0 Å². The Labute approximate surface area is 126 Å². The second-order valence-corrected chi connectivity index (χ2v) is 8.08. The summed E-state index contributed by atoms with van der Waals surface area (Å²) in [5, 5.41) is 1.95. The second kappa shape index (κ2) is 5.46.